The third kappa shape index (κ3) is 6.66. The second kappa shape index (κ2) is 10.4. The van der Waals surface area contributed by atoms with Crippen molar-refractivity contribution in [2.75, 3.05) is 0 Å². The number of Topliss-reactive ketones (excluding diaryl/α,β-unsaturated/α-hetero) is 1. The first-order chi connectivity index (χ1) is 12.1. The number of ketones is 1. The van der Waals surface area contributed by atoms with E-state index in [1.807, 2.05) is 49.4 Å². The van der Waals surface area contributed by atoms with E-state index < -0.39 is 6.17 Å². The monoisotopic (exact) mass is 358 g/mol. The highest BCUT2D eigenvalue weighted by Gasteiger charge is 2.25. The summed E-state index contributed by atoms with van der Waals surface area (Å²) in [6, 6.07) is 17.3. The molecule has 0 saturated heterocycles. The van der Waals surface area contributed by atoms with E-state index >= 15 is 0 Å². The number of benzene rings is 2. The summed E-state index contributed by atoms with van der Waals surface area (Å²) in [5.41, 5.74) is 1.85. The maximum atomic E-state index is 14.9. The predicted octanol–water partition coefficient (Wildman–Crippen LogP) is 6.65. The molecule has 0 spiro atoms. The lowest BCUT2D eigenvalue weighted by atomic mass is 10.0. The molecule has 0 aliphatic heterocycles. The number of unbranched alkanes of at least 4 members (excludes halogenated alkanes) is 2. The number of aryl methyl sites for hydroxylation is 1. The topological polar surface area (TPSA) is 17.1 Å². The lowest BCUT2D eigenvalue weighted by Gasteiger charge is -2.20. The SMILES string of the molecule is CCCCCC(F)C(CC(=O)c1ccccc1)Sc1ccc(C)cc1. The van der Waals surface area contributed by atoms with Gasteiger partial charge in [-0.2, -0.15) is 0 Å². The Morgan fingerprint density at radius 2 is 1.72 bits per heavy atom. The first kappa shape index (κ1) is 19.7. The van der Waals surface area contributed by atoms with Crippen LogP contribution in [0.15, 0.2) is 59.5 Å². The van der Waals surface area contributed by atoms with Crippen LogP contribution in [0.25, 0.3) is 0 Å². The summed E-state index contributed by atoms with van der Waals surface area (Å²) in [5, 5.41) is -0.340. The number of rotatable bonds is 10. The normalized spacial score (nSPS) is 13.4. The fraction of sp³-hybridized carbons (Fsp3) is 0.409. The van der Waals surface area contributed by atoms with E-state index in [4.69, 9.17) is 0 Å². The lowest BCUT2D eigenvalue weighted by molar-refractivity contribution is 0.0970. The zero-order chi connectivity index (χ0) is 18.1. The van der Waals surface area contributed by atoms with E-state index in [-0.39, 0.29) is 17.5 Å². The molecule has 2 rings (SSSR count). The maximum absolute atomic E-state index is 14.9. The molecule has 25 heavy (non-hydrogen) atoms. The lowest BCUT2D eigenvalue weighted by Crippen LogP contribution is -2.22. The van der Waals surface area contributed by atoms with Crippen LogP contribution in [0.1, 0.15) is 54.9 Å². The molecule has 3 heteroatoms. The minimum Gasteiger partial charge on any atom is -0.294 e. The largest absolute Gasteiger partial charge is 0.294 e. The number of hydrogen-bond acceptors (Lipinski definition) is 2. The number of hydrogen-bond donors (Lipinski definition) is 0. The fourth-order valence-electron chi connectivity index (χ4n) is 2.73. The van der Waals surface area contributed by atoms with Crippen LogP contribution in [0.5, 0.6) is 0 Å². The molecule has 0 N–H and O–H groups in total. The van der Waals surface area contributed by atoms with Gasteiger partial charge >= 0.3 is 0 Å². The first-order valence-corrected chi connectivity index (χ1v) is 9.93. The van der Waals surface area contributed by atoms with Crippen molar-refractivity contribution in [3.63, 3.8) is 0 Å². The van der Waals surface area contributed by atoms with Crippen LogP contribution in [-0.2, 0) is 0 Å². The van der Waals surface area contributed by atoms with Gasteiger partial charge < -0.3 is 0 Å². The Labute approximate surface area is 155 Å². The average molecular weight is 359 g/mol. The van der Waals surface area contributed by atoms with E-state index in [0.717, 1.165) is 24.2 Å². The van der Waals surface area contributed by atoms with E-state index in [2.05, 4.69) is 6.92 Å². The number of halogens is 1. The molecule has 0 saturated carbocycles. The molecule has 134 valence electrons. The van der Waals surface area contributed by atoms with E-state index in [1.165, 1.54) is 17.3 Å². The zero-order valence-corrected chi connectivity index (χ0v) is 15.9. The van der Waals surface area contributed by atoms with E-state index in [1.54, 1.807) is 12.1 Å². The summed E-state index contributed by atoms with van der Waals surface area (Å²) in [7, 11) is 0. The second-order valence-corrected chi connectivity index (χ2v) is 7.79. The Bertz CT molecular complexity index is 639. The second-order valence-electron chi connectivity index (χ2n) is 6.47. The third-order valence-corrected chi connectivity index (χ3v) is 5.59. The van der Waals surface area contributed by atoms with Crippen LogP contribution < -0.4 is 0 Å². The Hall–Kier alpha value is -1.61. The summed E-state index contributed by atoms with van der Waals surface area (Å²) in [4.78, 5) is 13.6. The van der Waals surface area contributed by atoms with Crippen molar-refractivity contribution in [1.82, 2.24) is 0 Å². The van der Waals surface area contributed by atoms with Crippen molar-refractivity contribution >= 4 is 17.5 Å². The molecular weight excluding hydrogens is 331 g/mol. The molecular formula is C22H27FOS. The van der Waals surface area contributed by atoms with E-state index in [9.17, 15) is 9.18 Å². The molecule has 0 radical (unpaired) electrons. The molecule has 1 nitrogen and oxygen atoms in total. The van der Waals surface area contributed by atoms with Crippen molar-refractivity contribution in [3.05, 3.63) is 65.7 Å². The number of alkyl halides is 1. The Morgan fingerprint density at radius 1 is 1.04 bits per heavy atom. The van der Waals surface area contributed by atoms with Gasteiger partial charge in [0.05, 0.1) is 0 Å². The Morgan fingerprint density at radius 3 is 2.36 bits per heavy atom. The quantitative estimate of drug-likeness (QED) is 0.269. The standard InChI is InChI=1S/C22H27FOS/c1-3-4-6-11-20(23)22(25-19-14-12-17(2)13-15-19)16-21(24)18-9-7-5-8-10-18/h5,7-10,12-15,20,22H,3-4,6,11,16H2,1-2H3. The van der Waals surface area contributed by atoms with Gasteiger partial charge in [0.2, 0.25) is 0 Å². The van der Waals surface area contributed by atoms with Crippen molar-refractivity contribution < 1.29 is 9.18 Å². The molecule has 0 heterocycles. The van der Waals surface area contributed by atoms with E-state index in [0.29, 0.717) is 12.0 Å². The molecule has 2 atom stereocenters. The van der Waals surface area contributed by atoms with Crippen LogP contribution in [-0.4, -0.2) is 17.2 Å². The molecule has 0 amide bonds. The van der Waals surface area contributed by atoms with Gasteiger partial charge in [-0.15, -0.1) is 11.8 Å². The zero-order valence-electron chi connectivity index (χ0n) is 15.1. The van der Waals surface area contributed by atoms with Crippen LogP contribution in [0, 0.1) is 6.92 Å². The summed E-state index contributed by atoms with van der Waals surface area (Å²) >= 11 is 1.49. The van der Waals surface area contributed by atoms with Gasteiger partial charge in [0.15, 0.2) is 5.78 Å². The minimum absolute atomic E-state index is 0.0170. The number of carbonyl (C=O) groups excluding carboxylic acids is 1. The maximum Gasteiger partial charge on any atom is 0.164 e. The van der Waals surface area contributed by atoms with Crippen LogP contribution in [0.4, 0.5) is 4.39 Å². The summed E-state index contributed by atoms with van der Waals surface area (Å²) in [6.45, 7) is 4.15. The van der Waals surface area contributed by atoms with Gasteiger partial charge in [-0.05, 0) is 25.5 Å². The van der Waals surface area contributed by atoms with Gasteiger partial charge in [-0.3, -0.25) is 4.79 Å². The Kier molecular flexibility index (Phi) is 8.20. The predicted molar refractivity (Wildman–Crippen MR) is 105 cm³/mol. The molecule has 0 aromatic heterocycles. The van der Waals surface area contributed by atoms with Crippen molar-refractivity contribution in [2.24, 2.45) is 0 Å². The summed E-state index contributed by atoms with van der Waals surface area (Å²) < 4.78 is 14.9. The first-order valence-electron chi connectivity index (χ1n) is 9.05. The van der Waals surface area contributed by atoms with Crippen LogP contribution >= 0.6 is 11.8 Å². The van der Waals surface area contributed by atoms with Gasteiger partial charge in [0.1, 0.15) is 6.17 Å². The van der Waals surface area contributed by atoms with Crippen molar-refractivity contribution in [1.29, 1.82) is 0 Å². The molecule has 2 aromatic carbocycles. The Balaban J connectivity index is 2.07. The smallest absolute Gasteiger partial charge is 0.164 e. The molecule has 2 unspecified atom stereocenters. The highest BCUT2D eigenvalue weighted by atomic mass is 32.2. The summed E-state index contributed by atoms with van der Waals surface area (Å²) in [5.74, 6) is 0.0170. The molecule has 0 aliphatic rings. The minimum atomic E-state index is -0.967. The molecule has 0 aliphatic carbocycles. The molecule has 0 bridgehead atoms. The molecule has 0 fully saturated rings. The van der Waals surface area contributed by atoms with Gasteiger partial charge in [-0.1, -0.05) is 74.2 Å². The fourth-order valence-corrected chi connectivity index (χ4v) is 3.90. The number of carbonyl (C=O) groups is 1. The highest BCUT2D eigenvalue weighted by molar-refractivity contribution is 8.00. The molecule has 2 aromatic rings. The van der Waals surface area contributed by atoms with Crippen molar-refractivity contribution in [3.8, 4) is 0 Å². The van der Waals surface area contributed by atoms with Crippen LogP contribution in [0.3, 0.4) is 0 Å². The van der Waals surface area contributed by atoms with Crippen LogP contribution in [0.2, 0.25) is 0 Å². The van der Waals surface area contributed by atoms with Gasteiger partial charge in [0.25, 0.3) is 0 Å². The average Bonchev–Trinajstić information content (AvgIpc) is 2.63. The van der Waals surface area contributed by atoms with Gasteiger partial charge in [0, 0.05) is 22.1 Å². The highest BCUT2D eigenvalue weighted by Crippen LogP contribution is 2.32. The summed E-state index contributed by atoms with van der Waals surface area (Å²) in [6.07, 6.45) is 2.78. The third-order valence-electron chi connectivity index (χ3n) is 4.28. The van der Waals surface area contributed by atoms with Gasteiger partial charge in [-0.25, -0.2) is 4.39 Å². The van der Waals surface area contributed by atoms with Crippen molar-refractivity contribution in [2.45, 2.75) is 62.3 Å². The number of thioether (sulfide) groups is 1.